The van der Waals surface area contributed by atoms with Gasteiger partial charge in [0, 0.05) is 12.1 Å². The van der Waals surface area contributed by atoms with Crippen molar-refractivity contribution in [3.05, 3.63) is 46.2 Å². The second kappa shape index (κ2) is 8.25. The molecule has 1 heterocycles. The van der Waals surface area contributed by atoms with Crippen LogP contribution in [0, 0.1) is 11.7 Å². The number of hydrogen-bond donors (Lipinski definition) is 2. The van der Waals surface area contributed by atoms with Crippen LogP contribution in [0.4, 0.5) is 0 Å². The van der Waals surface area contributed by atoms with Crippen molar-refractivity contribution in [2.45, 2.75) is 45.6 Å². The Balaban J connectivity index is 1.62. The van der Waals surface area contributed by atoms with Crippen LogP contribution in [0.1, 0.15) is 37.7 Å². The topological polar surface area (TPSA) is 62.7 Å². The minimum Gasteiger partial charge on any atom is -0.354 e. The van der Waals surface area contributed by atoms with Crippen LogP contribution in [0.25, 0.3) is 11.4 Å². The van der Waals surface area contributed by atoms with Crippen LogP contribution in [-0.4, -0.2) is 27.2 Å². The Morgan fingerprint density at radius 2 is 2.28 bits per heavy atom. The van der Waals surface area contributed by atoms with Crippen LogP contribution in [0.15, 0.2) is 35.9 Å². The van der Waals surface area contributed by atoms with E-state index in [0.717, 1.165) is 17.5 Å². The number of aromatic nitrogens is 3. The Morgan fingerprint density at radius 1 is 1.40 bits per heavy atom. The van der Waals surface area contributed by atoms with E-state index >= 15 is 0 Å². The Morgan fingerprint density at radius 3 is 3.04 bits per heavy atom. The van der Waals surface area contributed by atoms with Gasteiger partial charge in [-0.05, 0) is 57.3 Å². The highest BCUT2D eigenvalue weighted by Gasteiger charge is 2.12. The predicted molar refractivity (Wildman–Crippen MR) is 102 cm³/mol. The summed E-state index contributed by atoms with van der Waals surface area (Å²) in [4.78, 5) is 12.3. The van der Waals surface area contributed by atoms with Crippen molar-refractivity contribution in [1.29, 1.82) is 0 Å². The molecule has 0 spiro atoms. The largest absolute Gasteiger partial charge is 0.354 e. The van der Waals surface area contributed by atoms with Gasteiger partial charge in [-0.1, -0.05) is 35.4 Å². The van der Waals surface area contributed by atoms with Gasteiger partial charge in [-0.15, -0.1) is 0 Å². The maximum absolute atomic E-state index is 12.3. The molecule has 132 valence electrons. The first-order valence-corrected chi connectivity index (χ1v) is 9.21. The molecule has 1 aliphatic carbocycles. The highest BCUT2D eigenvalue weighted by molar-refractivity contribution is 7.71. The summed E-state index contributed by atoms with van der Waals surface area (Å²) < 4.78 is 2.21. The average molecular weight is 356 g/mol. The van der Waals surface area contributed by atoms with E-state index < -0.39 is 0 Å². The summed E-state index contributed by atoms with van der Waals surface area (Å²) in [5.41, 5.74) is 3.56. The van der Waals surface area contributed by atoms with Crippen molar-refractivity contribution in [2.24, 2.45) is 0 Å². The van der Waals surface area contributed by atoms with E-state index in [1.807, 2.05) is 31.2 Å². The molecule has 0 atom stereocenters. The maximum atomic E-state index is 12.3. The molecule has 5 nitrogen and oxygen atoms in total. The van der Waals surface area contributed by atoms with Gasteiger partial charge in [0.15, 0.2) is 10.6 Å². The second-order valence-corrected chi connectivity index (χ2v) is 6.90. The summed E-state index contributed by atoms with van der Waals surface area (Å²) in [5, 5.41) is 10.1. The summed E-state index contributed by atoms with van der Waals surface area (Å²) >= 11 is 5.29. The van der Waals surface area contributed by atoms with E-state index in [-0.39, 0.29) is 12.5 Å². The fraction of sp³-hybridized carbons (Fsp3) is 0.421. The third kappa shape index (κ3) is 4.66. The van der Waals surface area contributed by atoms with Gasteiger partial charge in [0.05, 0.1) is 0 Å². The smallest absolute Gasteiger partial charge is 0.240 e. The zero-order valence-electron chi connectivity index (χ0n) is 14.5. The molecule has 1 amide bonds. The first-order valence-electron chi connectivity index (χ1n) is 8.80. The zero-order valence-corrected chi connectivity index (χ0v) is 15.4. The van der Waals surface area contributed by atoms with Crippen molar-refractivity contribution in [2.75, 3.05) is 6.54 Å². The molecule has 0 fully saturated rings. The number of carbonyl (C=O) groups excluding carboxylic acids is 1. The van der Waals surface area contributed by atoms with Crippen molar-refractivity contribution in [3.63, 3.8) is 0 Å². The van der Waals surface area contributed by atoms with E-state index in [0.29, 0.717) is 17.1 Å². The van der Waals surface area contributed by atoms with E-state index in [4.69, 9.17) is 12.2 Å². The molecule has 0 aliphatic heterocycles. The summed E-state index contributed by atoms with van der Waals surface area (Å²) in [6, 6.07) is 8.02. The molecule has 3 rings (SSSR count). The van der Waals surface area contributed by atoms with Gasteiger partial charge < -0.3 is 5.32 Å². The maximum Gasteiger partial charge on any atom is 0.240 e. The predicted octanol–water partition coefficient (Wildman–Crippen LogP) is 3.92. The second-order valence-electron chi connectivity index (χ2n) is 6.52. The lowest BCUT2D eigenvalue weighted by atomic mass is 9.97. The van der Waals surface area contributed by atoms with Gasteiger partial charge in [0.2, 0.25) is 5.91 Å². The van der Waals surface area contributed by atoms with E-state index in [1.165, 1.54) is 31.3 Å². The molecule has 25 heavy (non-hydrogen) atoms. The molecule has 0 saturated heterocycles. The molecule has 0 saturated carbocycles. The van der Waals surface area contributed by atoms with Crippen LogP contribution in [-0.2, 0) is 11.3 Å². The lowest BCUT2D eigenvalue weighted by molar-refractivity contribution is -0.121. The Labute approximate surface area is 153 Å². The number of aromatic amines is 1. The minimum absolute atomic E-state index is 0.0391. The number of carbonyl (C=O) groups is 1. The van der Waals surface area contributed by atoms with E-state index in [2.05, 4.69) is 21.6 Å². The molecule has 2 N–H and O–H groups in total. The van der Waals surface area contributed by atoms with Crippen molar-refractivity contribution in [3.8, 4) is 11.4 Å². The van der Waals surface area contributed by atoms with Crippen LogP contribution in [0.2, 0.25) is 0 Å². The van der Waals surface area contributed by atoms with Crippen molar-refractivity contribution >= 4 is 18.1 Å². The molecule has 1 aromatic heterocycles. The number of rotatable bonds is 6. The lowest BCUT2D eigenvalue weighted by Crippen LogP contribution is -2.29. The standard InChI is InChI=1S/C19H24N4OS/c1-14-6-5-9-16(12-14)18-21-22-19(25)23(18)13-17(24)20-11-10-15-7-3-2-4-8-15/h5-7,9,12H,2-4,8,10-11,13H2,1H3,(H,20,24)(H,22,25). The third-order valence-electron chi connectivity index (χ3n) is 4.49. The van der Waals surface area contributed by atoms with Gasteiger partial charge >= 0.3 is 0 Å². The van der Waals surface area contributed by atoms with Crippen molar-refractivity contribution in [1.82, 2.24) is 20.1 Å². The van der Waals surface area contributed by atoms with Gasteiger partial charge in [0.25, 0.3) is 0 Å². The number of benzene rings is 1. The first kappa shape index (κ1) is 17.6. The molecular formula is C19H24N4OS. The van der Waals surface area contributed by atoms with Gasteiger partial charge in [-0.2, -0.15) is 5.10 Å². The Hall–Kier alpha value is -2.21. The summed E-state index contributed by atoms with van der Waals surface area (Å²) in [6.45, 7) is 2.88. The van der Waals surface area contributed by atoms with Crippen LogP contribution in [0.5, 0.6) is 0 Å². The summed E-state index contributed by atoms with van der Waals surface area (Å²) in [7, 11) is 0. The van der Waals surface area contributed by atoms with Gasteiger partial charge in [0.1, 0.15) is 6.54 Å². The quantitative estimate of drug-likeness (QED) is 0.609. The first-order chi connectivity index (χ1) is 12.1. The zero-order chi connectivity index (χ0) is 17.6. The molecule has 2 aromatic rings. The number of hydrogen-bond acceptors (Lipinski definition) is 3. The molecular weight excluding hydrogens is 332 g/mol. The number of H-pyrrole nitrogens is 1. The molecule has 1 aromatic carbocycles. The summed E-state index contributed by atoms with van der Waals surface area (Å²) in [6.07, 6.45) is 8.15. The van der Waals surface area contributed by atoms with E-state index in [1.54, 1.807) is 4.57 Å². The number of amides is 1. The summed E-state index contributed by atoms with van der Waals surface area (Å²) in [5.74, 6) is 0.654. The number of aryl methyl sites for hydroxylation is 1. The monoisotopic (exact) mass is 356 g/mol. The third-order valence-corrected chi connectivity index (χ3v) is 4.80. The molecule has 0 unspecified atom stereocenters. The van der Waals surface area contributed by atoms with Crippen LogP contribution < -0.4 is 5.32 Å². The number of nitrogens with one attached hydrogen (secondary N) is 2. The van der Waals surface area contributed by atoms with Crippen molar-refractivity contribution < 1.29 is 4.79 Å². The highest BCUT2D eigenvalue weighted by Crippen LogP contribution is 2.20. The molecule has 6 heteroatoms. The lowest BCUT2D eigenvalue weighted by Gasteiger charge is -2.13. The average Bonchev–Trinajstić information content (AvgIpc) is 2.96. The SMILES string of the molecule is Cc1cccc(-c2n[nH]c(=S)n2CC(=O)NCCC2=CCCCC2)c1. The van der Waals surface area contributed by atoms with E-state index in [9.17, 15) is 4.79 Å². The highest BCUT2D eigenvalue weighted by atomic mass is 32.1. The fourth-order valence-electron chi connectivity index (χ4n) is 3.16. The van der Waals surface area contributed by atoms with Gasteiger partial charge in [-0.25, -0.2) is 0 Å². The molecule has 0 bridgehead atoms. The number of allylic oxidation sites excluding steroid dienone is 1. The molecule has 1 aliphatic rings. The Kier molecular flexibility index (Phi) is 5.81. The number of nitrogens with zero attached hydrogens (tertiary/aromatic N) is 2. The molecule has 0 radical (unpaired) electrons. The fourth-order valence-corrected chi connectivity index (χ4v) is 3.36. The normalized spacial score (nSPS) is 14.2. The van der Waals surface area contributed by atoms with Gasteiger partial charge in [-0.3, -0.25) is 14.5 Å². The minimum atomic E-state index is -0.0391. The van der Waals surface area contributed by atoms with Crippen LogP contribution >= 0.6 is 12.2 Å². The van der Waals surface area contributed by atoms with Crippen LogP contribution in [0.3, 0.4) is 0 Å². The Bertz CT molecular complexity index is 834.